The zero-order valence-electron chi connectivity index (χ0n) is 22.9. The fraction of sp³-hybridized carbons (Fsp3) is 0.400. The van der Waals surface area contributed by atoms with E-state index in [4.69, 9.17) is 20.3 Å². The molecule has 0 spiro atoms. The number of carbonyl (C=O) groups is 2. The molecule has 0 aliphatic carbocycles. The SMILES string of the molecule is CCCCOc1cc(N(CC)CC)ccc1NC(=O)OCC.N[C@H](Cc1ccc2ccccc2c1)C(=O)O. The molecule has 0 aliphatic rings. The van der Waals surface area contributed by atoms with Gasteiger partial charge in [-0.05, 0) is 62.1 Å². The number of anilines is 2. The highest BCUT2D eigenvalue weighted by Crippen LogP contribution is 2.30. The van der Waals surface area contributed by atoms with E-state index in [9.17, 15) is 9.59 Å². The predicted molar refractivity (Wildman–Crippen MR) is 154 cm³/mol. The van der Waals surface area contributed by atoms with Crippen LogP contribution in [0.5, 0.6) is 5.75 Å². The summed E-state index contributed by atoms with van der Waals surface area (Å²) < 4.78 is 10.8. The van der Waals surface area contributed by atoms with E-state index in [1.807, 2.05) is 60.7 Å². The van der Waals surface area contributed by atoms with Crippen LogP contribution in [0.3, 0.4) is 0 Å². The Kier molecular flexibility index (Phi) is 12.9. The number of carboxylic acids is 1. The average molecular weight is 524 g/mol. The van der Waals surface area contributed by atoms with Gasteiger partial charge in [0.15, 0.2) is 0 Å². The summed E-state index contributed by atoms with van der Waals surface area (Å²) >= 11 is 0. The number of hydrogen-bond donors (Lipinski definition) is 3. The van der Waals surface area contributed by atoms with E-state index in [0.717, 1.165) is 48.0 Å². The number of ether oxygens (including phenoxy) is 2. The van der Waals surface area contributed by atoms with Gasteiger partial charge in [0.2, 0.25) is 0 Å². The van der Waals surface area contributed by atoms with Crippen LogP contribution in [0.2, 0.25) is 0 Å². The molecule has 1 amide bonds. The number of nitrogens with one attached hydrogen (secondary N) is 1. The minimum Gasteiger partial charge on any atom is -0.491 e. The molecule has 206 valence electrons. The van der Waals surface area contributed by atoms with Crippen molar-refractivity contribution in [3.05, 3.63) is 66.2 Å². The topological polar surface area (TPSA) is 114 Å². The van der Waals surface area contributed by atoms with E-state index in [1.165, 1.54) is 0 Å². The van der Waals surface area contributed by atoms with Crippen LogP contribution in [0, 0.1) is 0 Å². The van der Waals surface area contributed by atoms with Crippen molar-refractivity contribution in [2.45, 2.75) is 53.0 Å². The maximum atomic E-state index is 11.6. The fourth-order valence-electron chi connectivity index (χ4n) is 3.83. The van der Waals surface area contributed by atoms with Gasteiger partial charge in [0.1, 0.15) is 11.8 Å². The Morgan fingerprint density at radius 1 is 0.974 bits per heavy atom. The first-order valence-corrected chi connectivity index (χ1v) is 13.2. The summed E-state index contributed by atoms with van der Waals surface area (Å²) in [5.41, 5.74) is 8.18. The van der Waals surface area contributed by atoms with Gasteiger partial charge in [0.25, 0.3) is 0 Å². The number of nitrogens with zero attached hydrogens (tertiary/aromatic N) is 1. The summed E-state index contributed by atoms with van der Waals surface area (Å²) in [6.45, 7) is 11.0. The van der Waals surface area contributed by atoms with Crippen LogP contribution >= 0.6 is 0 Å². The van der Waals surface area contributed by atoms with Crippen molar-refractivity contribution in [2.24, 2.45) is 5.73 Å². The number of benzene rings is 3. The van der Waals surface area contributed by atoms with Crippen molar-refractivity contribution < 1.29 is 24.2 Å². The van der Waals surface area contributed by atoms with Gasteiger partial charge in [-0.1, -0.05) is 55.8 Å². The molecule has 38 heavy (non-hydrogen) atoms. The summed E-state index contributed by atoms with van der Waals surface area (Å²) in [7, 11) is 0. The van der Waals surface area contributed by atoms with Gasteiger partial charge in [-0.2, -0.15) is 0 Å². The lowest BCUT2D eigenvalue weighted by molar-refractivity contribution is -0.138. The average Bonchev–Trinajstić information content (AvgIpc) is 2.91. The van der Waals surface area contributed by atoms with Crippen LogP contribution in [0.15, 0.2) is 60.7 Å². The molecule has 3 aromatic rings. The second-order valence-electron chi connectivity index (χ2n) is 8.73. The third-order valence-corrected chi connectivity index (χ3v) is 5.95. The monoisotopic (exact) mass is 523 g/mol. The molecule has 3 aromatic carbocycles. The van der Waals surface area contributed by atoms with E-state index >= 15 is 0 Å². The van der Waals surface area contributed by atoms with E-state index in [2.05, 4.69) is 31.0 Å². The lowest BCUT2D eigenvalue weighted by Crippen LogP contribution is -2.32. The van der Waals surface area contributed by atoms with E-state index in [1.54, 1.807) is 6.92 Å². The third kappa shape index (κ3) is 9.59. The Balaban J connectivity index is 0.000000279. The summed E-state index contributed by atoms with van der Waals surface area (Å²) in [5, 5.41) is 13.7. The first kappa shape index (κ1) is 30.4. The van der Waals surface area contributed by atoms with Crippen LogP contribution < -0.4 is 20.7 Å². The Hall–Kier alpha value is -3.78. The van der Waals surface area contributed by atoms with Gasteiger partial charge < -0.3 is 25.2 Å². The second-order valence-corrected chi connectivity index (χ2v) is 8.73. The summed E-state index contributed by atoms with van der Waals surface area (Å²) in [6, 6.07) is 18.9. The molecule has 1 atom stereocenters. The van der Waals surface area contributed by atoms with Crippen LogP contribution in [0.25, 0.3) is 10.8 Å². The van der Waals surface area contributed by atoms with Gasteiger partial charge >= 0.3 is 12.1 Å². The number of carbonyl (C=O) groups excluding carboxylic acids is 1. The highest BCUT2D eigenvalue weighted by atomic mass is 16.5. The van der Waals surface area contributed by atoms with Gasteiger partial charge in [0.05, 0.1) is 18.9 Å². The molecule has 0 saturated heterocycles. The number of aliphatic carboxylic acids is 1. The molecular weight excluding hydrogens is 482 g/mol. The number of unbranched alkanes of at least 4 members (excludes halogenated alkanes) is 1. The minimum absolute atomic E-state index is 0.343. The van der Waals surface area contributed by atoms with Gasteiger partial charge in [-0.25, -0.2) is 4.79 Å². The summed E-state index contributed by atoms with van der Waals surface area (Å²) in [6.07, 6.45) is 1.95. The van der Waals surface area contributed by atoms with Crippen molar-refractivity contribution in [1.82, 2.24) is 0 Å². The molecule has 0 heterocycles. The fourth-order valence-corrected chi connectivity index (χ4v) is 3.83. The molecule has 4 N–H and O–H groups in total. The zero-order valence-corrected chi connectivity index (χ0v) is 22.9. The molecule has 0 bridgehead atoms. The van der Waals surface area contributed by atoms with Crippen molar-refractivity contribution in [3.63, 3.8) is 0 Å². The lowest BCUT2D eigenvalue weighted by atomic mass is 10.0. The Morgan fingerprint density at radius 2 is 1.68 bits per heavy atom. The van der Waals surface area contributed by atoms with Gasteiger partial charge in [-0.3, -0.25) is 10.1 Å². The highest BCUT2D eigenvalue weighted by molar-refractivity contribution is 5.87. The predicted octanol–water partition coefficient (Wildman–Crippen LogP) is 6.07. The van der Waals surface area contributed by atoms with Crippen molar-refractivity contribution in [1.29, 1.82) is 0 Å². The van der Waals surface area contributed by atoms with E-state index in [-0.39, 0.29) is 0 Å². The number of carboxylic acid groups (broad SMARTS) is 1. The minimum atomic E-state index is -0.965. The first-order chi connectivity index (χ1) is 18.3. The van der Waals surface area contributed by atoms with Crippen LogP contribution in [-0.4, -0.2) is 49.5 Å². The van der Waals surface area contributed by atoms with Crippen molar-refractivity contribution >= 4 is 34.2 Å². The normalized spacial score (nSPS) is 11.2. The lowest BCUT2D eigenvalue weighted by Gasteiger charge is -2.23. The van der Waals surface area contributed by atoms with Crippen molar-refractivity contribution in [3.8, 4) is 5.75 Å². The van der Waals surface area contributed by atoms with Crippen molar-refractivity contribution in [2.75, 3.05) is 36.5 Å². The number of amides is 1. The molecule has 0 aliphatic heterocycles. The van der Waals surface area contributed by atoms with E-state index < -0.39 is 18.1 Å². The molecule has 0 unspecified atom stereocenters. The molecule has 0 saturated carbocycles. The maximum absolute atomic E-state index is 11.6. The number of fused-ring (bicyclic) bond motifs is 1. The smallest absolute Gasteiger partial charge is 0.411 e. The molecule has 0 aromatic heterocycles. The maximum Gasteiger partial charge on any atom is 0.411 e. The standard InChI is InChI=1S/C17H28N2O3.C13H13NO2/c1-5-9-12-22-16-13-14(19(6-2)7-3)10-11-15(16)18-17(20)21-8-4;14-12(13(15)16)8-9-5-6-10-3-1-2-4-11(10)7-9/h10-11,13H,5-9,12H2,1-4H3,(H,18,20);1-7,12H,8,14H2,(H,15,16)/t;12-/m.1/s1. The molecule has 0 fully saturated rings. The quantitative estimate of drug-likeness (QED) is 0.247. The molecule has 8 heteroatoms. The Labute approximate surface area is 225 Å². The second kappa shape index (κ2) is 16.1. The first-order valence-electron chi connectivity index (χ1n) is 13.2. The largest absolute Gasteiger partial charge is 0.491 e. The zero-order chi connectivity index (χ0) is 27.9. The number of nitrogens with two attached hydrogens (primary N) is 1. The molecule has 8 nitrogen and oxygen atoms in total. The summed E-state index contributed by atoms with van der Waals surface area (Å²) in [5.74, 6) is -0.279. The Bertz CT molecular complexity index is 1160. The Morgan fingerprint density at radius 3 is 2.32 bits per heavy atom. The van der Waals surface area contributed by atoms with Crippen LogP contribution in [-0.2, 0) is 16.0 Å². The number of rotatable bonds is 12. The molecule has 3 rings (SSSR count). The van der Waals surface area contributed by atoms with E-state index in [0.29, 0.717) is 31.1 Å². The number of hydrogen-bond acceptors (Lipinski definition) is 6. The van der Waals surface area contributed by atoms with Crippen LogP contribution in [0.4, 0.5) is 16.2 Å². The van der Waals surface area contributed by atoms with Gasteiger partial charge in [-0.15, -0.1) is 0 Å². The summed E-state index contributed by atoms with van der Waals surface area (Å²) in [4.78, 5) is 24.5. The highest BCUT2D eigenvalue weighted by Gasteiger charge is 2.13. The van der Waals surface area contributed by atoms with Crippen LogP contribution in [0.1, 0.15) is 46.1 Å². The van der Waals surface area contributed by atoms with Gasteiger partial charge in [0, 0.05) is 24.8 Å². The third-order valence-electron chi connectivity index (χ3n) is 5.95. The molecule has 0 radical (unpaired) electrons. The molecular formula is C30H41N3O5.